The predicted octanol–water partition coefficient (Wildman–Crippen LogP) is 5.22. The molecule has 10 heteroatoms. The minimum Gasteiger partial charge on any atom is -0.497 e. The molecule has 0 bridgehead atoms. The summed E-state index contributed by atoms with van der Waals surface area (Å²) in [5.41, 5.74) is 1.16. The van der Waals surface area contributed by atoms with E-state index in [0.717, 1.165) is 26.3 Å². The van der Waals surface area contributed by atoms with Gasteiger partial charge < -0.3 is 15.0 Å². The molecule has 0 saturated heterocycles. The van der Waals surface area contributed by atoms with E-state index in [1.54, 1.807) is 61.7 Å². The maximum atomic E-state index is 14.0. The van der Waals surface area contributed by atoms with E-state index in [2.05, 4.69) is 27.9 Å². The van der Waals surface area contributed by atoms with Crippen molar-refractivity contribution < 1.29 is 22.7 Å². The molecular formula is C30H36IN3O5S. The van der Waals surface area contributed by atoms with Crippen LogP contribution in [0.2, 0.25) is 0 Å². The fourth-order valence-electron chi connectivity index (χ4n) is 4.21. The molecule has 3 rings (SSSR count). The molecule has 0 aromatic heterocycles. The van der Waals surface area contributed by atoms with Crippen LogP contribution in [0.15, 0.2) is 83.8 Å². The normalized spacial score (nSPS) is 11.9. The van der Waals surface area contributed by atoms with Crippen molar-refractivity contribution in [3.05, 3.63) is 88.0 Å². The summed E-state index contributed by atoms with van der Waals surface area (Å²) in [5, 5.41) is 2.94. The molecular weight excluding hydrogens is 641 g/mol. The zero-order chi connectivity index (χ0) is 29.1. The number of sulfonamides is 1. The maximum Gasteiger partial charge on any atom is 0.264 e. The number of anilines is 1. The number of carbonyl (C=O) groups is 2. The summed E-state index contributed by atoms with van der Waals surface area (Å²) in [6, 6.07) is 21.4. The fourth-order valence-corrected chi connectivity index (χ4v) is 6.00. The zero-order valence-corrected chi connectivity index (χ0v) is 26.0. The minimum atomic E-state index is -4.08. The van der Waals surface area contributed by atoms with Crippen LogP contribution in [0.4, 0.5) is 5.69 Å². The highest BCUT2D eigenvalue weighted by atomic mass is 127. The SMILES string of the molecule is CCCCNC(=O)C(CC)N(Cc1ccc(OC)cc1)C(=O)CN(c1ccc(I)cc1)S(=O)(=O)c1ccccc1. The monoisotopic (exact) mass is 677 g/mol. The van der Waals surface area contributed by atoms with E-state index in [9.17, 15) is 18.0 Å². The fraction of sp³-hybridized carbons (Fsp3) is 0.333. The number of amides is 2. The topological polar surface area (TPSA) is 96.0 Å². The van der Waals surface area contributed by atoms with Gasteiger partial charge in [-0.15, -0.1) is 0 Å². The van der Waals surface area contributed by atoms with Crippen LogP contribution in [0.1, 0.15) is 38.7 Å². The van der Waals surface area contributed by atoms with Crippen LogP contribution in [0.5, 0.6) is 5.75 Å². The molecule has 0 aliphatic rings. The zero-order valence-electron chi connectivity index (χ0n) is 23.0. The Morgan fingerprint density at radius 3 is 2.17 bits per heavy atom. The Morgan fingerprint density at radius 2 is 1.60 bits per heavy atom. The van der Waals surface area contributed by atoms with Crippen molar-refractivity contribution in [1.29, 1.82) is 0 Å². The average molecular weight is 678 g/mol. The second-order valence-corrected chi connectivity index (χ2v) is 12.3. The third-order valence-electron chi connectivity index (χ3n) is 6.45. The summed E-state index contributed by atoms with van der Waals surface area (Å²) < 4.78 is 34.9. The molecule has 40 heavy (non-hydrogen) atoms. The standard InChI is InChI=1S/C30H36IN3O5S/c1-4-6-20-32-30(36)28(5-2)33(21-23-12-18-26(39-3)19-13-23)29(35)22-34(25-16-14-24(31)15-17-25)40(37,38)27-10-8-7-9-11-27/h7-19,28H,4-6,20-22H2,1-3H3,(H,32,36). The van der Waals surface area contributed by atoms with Gasteiger partial charge >= 0.3 is 0 Å². The Bertz CT molecular complexity index is 1350. The van der Waals surface area contributed by atoms with Gasteiger partial charge in [0, 0.05) is 16.7 Å². The highest BCUT2D eigenvalue weighted by Crippen LogP contribution is 2.26. The lowest BCUT2D eigenvalue weighted by molar-refractivity contribution is -0.140. The van der Waals surface area contributed by atoms with Gasteiger partial charge in [-0.25, -0.2) is 8.42 Å². The van der Waals surface area contributed by atoms with Crippen LogP contribution in [0.3, 0.4) is 0 Å². The van der Waals surface area contributed by atoms with E-state index in [0.29, 0.717) is 24.4 Å². The van der Waals surface area contributed by atoms with Crippen LogP contribution >= 0.6 is 22.6 Å². The summed E-state index contributed by atoms with van der Waals surface area (Å²) in [5.74, 6) is -0.0688. The van der Waals surface area contributed by atoms with Crippen LogP contribution in [0.25, 0.3) is 0 Å². The van der Waals surface area contributed by atoms with Crippen molar-refractivity contribution in [2.75, 3.05) is 24.5 Å². The molecule has 0 spiro atoms. The molecule has 3 aromatic carbocycles. The predicted molar refractivity (Wildman–Crippen MR) is 166 cm³/mol. The lowest BCUT2D eigenvalue weighted by Gasteiger charge is -2.33. The number of unbranched alkanes of at least 4 members (excludes halogenated alkanes) is 1. The number of ether oxygens (including phenoxy) is 1. The summed E-state index contributed by atoms with van der Waals surface area (Å²) >= 11 is 2.14. The Labute approximate surface area is 250 Å². The molecule has 214 valence electrons. The quantitative estimate of drug-likeness (QED) is 0.187. The molecule has 1 unspecified atom stereocenters. The Balaban J connectivity index is 2.01. The highest BCUT2D eigenvalue weighted by molar-refractivity contribution is 14.1. The number of nitrogens with zero attached hydrogens (tertiary/aromatic N) is 2. The molecule has 0 aliphatic carbocycles. The first-order valence-corrected chi connectivity index (χ1v) is 15.8. The Hall–Kier alpha value is -3.12. The maximum absolute atomic E-state index is 14.0. The second kappa shape index (κ2) is 15.0. The van der Waals surface area contributed by atoms with Gasteiger partial charge in [-0.3, -0.25) is 13.9 Å². The lowest BCUT2D eigenvalue weighted by atomic mass is 10.1. The smallest absolute Gasteiger partial charge is 0.264 e. The third kappa shape index (κ3) is 8.20. The van der Waals surface area contributed by atoms with Gasteiger partial charge in [0.2, 0.25) is 11.8 Å². The number of hydrogen-bond acceptors (Lipinski definition) is 5. The van der Waals surface area contributed by atoms with Gasteiger partial charge in [0.05, 0.1) is 17.7 Å². The molecule has 1 atom stereocenters. The van der Waals surface area contributed by atoms with Crippen molar-refractivity contribution >= 4 is 50.1 Å². The molecule has 3 aromatic rings. The molecule has 0 saturated carbocycles. The van der Waals surface area contributed by atoms with Crippen LogP contribution in [0, 0.1) is 3.57 Å². The van der Waals surface area contributed by atoms with Crippen LogP contribution < -0.4 is 14.4 Å². The van der Waals surface area contributed by atoms with E-state index < -0.39 is 28.5 Å². The van der Waals surface area contributed by atoms with E-state index in [1.165, 1.54) is 17.0 Å². The molecule has 0 heterocycles. The van der Waals surface area contributed by atoms with Gasteiger partial charge in [-0.1, -0.05) is 50.6 Å². The van der Waals surface area contributed by atoms with E-state index in [1.807, 2.05) is 26.0 Å². The van der Waals surface area contributed by atoms with Gasteiger partial charge in [0.1, 0.15) is 18.3 Å². The largest absolute Gasteiger partial charge is 0.497 e. The third-order valence-corrected chi connectivity index (χ3v) is 8.96. The lowest BCUT2D eigenvalue weighted by Crippen LogP contribution is -2.52. The average Bonchev–Trinajstić information content (AvgIpc) is 2.97. The molecule has 2 amide bonds. The van der Waals surface area contributed by atoms with Crippen molar-refractivity contribution in [3.8, 4) is 5.75 Å². The van der Waals surface area contributed by atoms with Gasteiger partial charge in [0.25, 0.3) is 10.0 Å². The summed E-state index contributed by atoms with van der Waals surface area (Å²) in [6.45, 7) is 4.06. The molecule has 1 N–H and O–H groups in total. The first-order chi connectivity index (χ1) is 19.2. The minimum absolute atomic E-state index is 0.0763. The summed E-state index contributed by atoms with van der Waals surface area (Å²) in [6.07, 6.45) is 2.12. The number of nitrogens with one attached hydrogen (secondary N) is 1. The first kappa shape index (κ1) is 31.4. The number of methoxy groups -OCH3 is 1. The van der Waals surface area contributed by atoms with Gasteiger partial charge in [0.15, 0.2) is 0 Å². The summed E-state index contributed by atoms with van der Waals surface area (Å²) in [4.78, 5) is 28.8. The first-order valence-electron chi connectivity index (χ1n) is 13.2. The number of hydrogen-bond donors (Lipinski definition) is 1. The van der Waals surface area contributed by atoms with E-state index >= 15 is 0 Å². The Kier molecular flexibility index (Phi) is 11.8. The van der Waals surface area contributed by atoms with Gasteiger partial charge in [-0.2, -0.15) is 0 Å². The summed E-state index contributed by atoms with van der Waals surface area (Å²) in [7, 11) is -2.51. The Morgan fingerprint density at radius 1 is 0.950 bits per heavy atom. The number of halogens is 1. The highest BCUT2D eigenvalue weighted by Gasteiger charge is 2.33. The molecule has 0 fully saturated rings. The van der Waals surface area contributed by atoms with E-state index in [4.69, 9.17) is 4.74 Å². The second-order valence-electron chi connectivity index (χ2n) is 9.24. The number of rotatable bonds is 14. The van der Waals surface area contributed by atoms with Crippen molar-refractivity contribution in [2.24, 2.45) is 0 Å². The van der Waals surface area contributed by atoms with E-state index in [-0.39, 0.29) is 17.3 Å². The van der Waals surface area contributed by atoms with Crippen molar-refractivity contribution in [1.82, 2.24) is 10.2 Å². The molecule has 0 radical (unpaired) electrons. The van der Waals surface area contributed by atoms with Crippen molar-refractivity contribution in [2.45, 2.75) is 50.6 Å². The number of benzene rings is 3. The molecule has 0 aliphatic heterocycles. The van der Waals surface area contributed by atoms with Crippen LogP contribution in [-0.4, -0.2) is 51.4 Å². The van der Waals surface area contributed by atoms with Gasteiger partial charge in [-0.05, 0) is 89.5 Å². The van der Waals surface area contributed by atoms with Crippen molar-refractivity contribution in [3.63, 3.8) is 0 Å². The molecule has 8 nitrogen and oxygen atoms in total. The number of carbonyl (C=O) groups excluding carboxylic acids is 2. The van der Waals surface area contributed by atoms with Crippen LogP contribution in [-0.2, 0) is 26.2 Å².